The third kappa shape index (κ3) is 2.49. The first-order valence-corrected chi connectivity index (χ1v) is 9.90. The van der Waals surface area contributed by atoms with Crippen molar-refractivity contribution in [3.63, 3.8) is 0 Å². The second-order valence-corrected chi connectivity index (χ2v) is 9.28. The monoisotopic (exact) mass is 354 g/mol. The van der Waals surface area contributed by atoms with Gasteiger partial charge in [-0.25, -0.2) is 12.8 Å². The number of hydrogen-bond acceptors (Lipinski definition) is 4. The molecule has 5 nitrogen and oxygen atoms in total. The van der Waals surface area contributed by atoms with Crippen molar-refractivity contribution in [2.45, 2.75) is 23.8 Å². The van der Waals surface area contributed by atoms with Gasteiger partial charge in [-0.05, 0) is 56.6 Å². The summed E-state index contributed by atoms with van der Waals surface area (Å²) in [6, 6.07) is 5.18. The predicted molar refractivity (Wildman–Crippen MR) is 87.6 cm³/mol. The molecule has 1 aromatic rings. The van der Waals surface area contributed by atoms with Gasteiger partial charge in [0.2, 0.25) is 10.0 Å². The molecule has 3 saturated heterocycles. The van der Waals surface area contributed by atoms with Gasteiger partial charge in [0.25, 0.3) is 0 Å². The summed E-state index contributed by atoms with van der Waals surface area (Å²) in [7, 11) is -1.60. The smallest absolute Gasteiger partial charge is 0.243 e. The van der Waals surface area contributed by atoms with Crippen LogP contribution in [0.3, 0.4) is 0 Å². The highest BCUT2D eigenvalue weighted by Crippen LogP contribution is 2.51. The Morgan fingerprint density at radius 3 is 2.71 bits per heavy atom. The summed E-state index contributed by atoms with van der Waals surface area (Å²) in [5.74, 6) is -0.280. The fourth-order valence-corrected chi connectivity index (χ4v) is 6.35. The third-order valence-corrected chi connectivity index (χ3v) is 7.93. The summed E-state index contributed by atoms with van der Waals surface area (Å²) in [4.78, 5) is 2.33. The lowest BCUT2D eigenvalue weighted by Crippen LogP contribution is -2.43. The molecular weight excluding hydrogens is 331 g/mol. The minimum Gasteiger partial charge on any atom is -0.379 e. The van der Waals surface area contributed by atoms with E-state index < -0.39 is 15.8 Å². The fraction of sp³-hybridized carbons (Fsp3) is 0.647. The normalized spacial score (nSPS) is 30.8. The van der Waals surface area contributed by atoms with Crippen molar-refractivity contribution in [2.24, 2.45) is 11.3 Å². The quantitative estimate of drug-likeness (QED) is 0.809. The Kier molecular flexibility index (Phi) is 3.95. The number of nitrogens with zero attached hydrogens (tertiary/aromatic N) is 2. The zero-order valence-corrected chi connectivity index (χ0v) is 14.6. The van der Waals surface area contributed by atoms with Gasteiger partial charge >= 0.3 is 0 Å². The summed E-state index contributed by atoms with van der Waals surface area (Å²) in [6.45, 7) is 3.56. The number of likely N-dealkylation sites (tertiary alicyclic amines) is 1. The van der Waals surface area contributed by atoms with Crippen LogP contribution >= 0.6 is 0 Å². The third-order valence-electron chi connectivity index (χ3n) is 6.06. The summed E-state index contributed by atoms with van der Waals surface area (Å²) in [5.41, 5.74) is -0.00588. The molecule has 1 aromatic carbocycles. The first-order valence-electron chi connectivity index (χ1n) is 8.46. The van der Waals surface area contributed by atoms with Crippen LogP contribution in [0.15, 0.2) is 29.2 Å². The molecule has 0 aromatic heterocycles. The van der Waals surface area contributed by atoms with Gasteiger partial charge in [0.15, 0.2) is 0 Å². The van der Waals surface area contributed by atoms with Gasteiger partial charge < -0.3 is 9.64 Å². The van der Waals surface area contributed by atoms with Gasteiger partial charge in [0, 0.05) is 12.5 Å². The standard InChI is InChI=1S/C17H23FN2O3S/c1-19-7-5-17(6-8-19)12-20(16-11-23-10-15(16)17)24(21,22)14-4-2-3-13(18)9-14/h2-4,9,15-16H,5-8,10-12H2,1H3/t15-,16+/m0/s1. The van der Waals surface area contributed by atoms with Crippen molar-refractivity contribution in [3.8, 4) is 0 Å². The fourth-order valence-electron chi connectivity index (χ4n) is 4.58. The Labute approximate surface area is 142 Å². The van der Waals surface area contributed by atoms with Crippen LogP contribution < -0.4 is 0 Å². The average Bonchev–Trinajstić information content (AvgIpc) is 3.14. The van der Waals surface area contributed by atoms with E-state index in [2.05, 4.69) is 11.9 Å². The summed E-state index contributed by atoms with van der Waals surface area (Å²) in [5, 5.41) is 0. The van der Waals surface area contributed by atoms with Gasteiger partial charge in [-0.1, -0.05) is 6.07 Å². The minimum absolute atomic E-state index is 0.00588. The zero-order valence-electron chi connectivity index (χ0n) is 13.8. The second-order valence-electron chi connectivity index (χ2n) is 7.38. The molecule has 24 heavy (non-hydrogen) atoms. The Morgan fingerprint density at radius 1 is 1.25 bits per heavy atom. The van der Waals surface area contributed by atoms with E-state index in [1.807, 2.05) is 0 Å². The van der Waals surface area contributed by atoms with Crippen molar-refractivity contribution in [3.05, 3.63) is 30.1 Å². The molecule has 0 unspecified atom stereocenters. The molecule has 3 heterocycles. The zero-order chi connectivity index (χ0) is 16.9. The summed E-state index contributed by atoms with van der Waals surface area (Å²) < 4.78 is 47.0. The van der Waals surface area contributed by atoms with E-state index in [4.69, 9.17) is 4.74 Å². The van der Waals surface area contributed by atoms with E-state index >= 15 is 0 Å². The maximum Gasteiger partial charge on any atom is 0.243 e. The highest BCUT2D eigenvalue weighted by molar-refractivity contribution is 7.89. The second kappa shape index (κ2) is 5.76. The minimum atomic E-state index is -3.70. The molecule has 0 aliphatic carbocycles. The molecule has 3 fully saturated rings. The van der Waals surface area contributed by atoms with Crippen LogP contribution in [0.4, 0.5) is 4.39 Å². The molecule has 0 bridgehead atoms. The van der Waals surface area contributed by atoms with Crippen LogP contribution in [-0.4, -0.2) is 63.6 Å². The largest absolute Gasteiger partial charge is 0.379 e. The van der Waals surface area contributed by atoms with Crippen LogP contribution in [0.2, 0.25) is 0 Å². The van der Waals surface area contributed by atoms with Gasteiger partial charge in [-0.2, -0.15) is 4.31 Å². The van der Waals surface area contributed by atoms with Crippen molar-refractivity contribution in [1.82, 2.24) is 9.21 Å². The molecule has 0 amide bonds. The van der Waals surface area contributed by atoms with Gasteiger partial charge in [0.05, 0.1) is 24.2 Å². The molecule has 0 saturated carbocycles. The van der Waals surface area contributed by atoms with E-state index in [-0.39, 0.29) is 22.3 Å². The van der Waals surface area contributed by atoms with E-state index in [9.17, 15) is 12.8 Å². The van der Waals surface area contributed by atoms with Crippen molar-refractivity contribution in [1.29, 1.82) is 0 Å². The predicted octanol–water partition coefficient (Wildman–Crippen LogP) is 1.56. The van der Waals surface area contributed by atoms with Crippen molar-refractivity contribution in [2.75, 3.05) is 39.9 Å². The molecule has 3 aliphatic heterocycles. The molecule has 0 N–H and O–H groups in total. The lowest BCUT2D eigenvalue weighted by Gasteiger charge is -2.40. The van der Waals surface area contributed by atoms with Gasteiger partial charge in [-0.3, -0.25) is 0 Å². The van der Waals surface area contributed by atoms with Crippen molar-refractivity contribution >= 4 is 10.0 Å². The van der Waals surface area contributed by atoms with Crippen LogP contribution in [0, 0.1) is 17.2 Å². The first kappa shape index (κ1) is 16.4. The van der Waals surface area contributed by atoms with E-state index in [1.54, 1.807) is 4.31 Å². The van der Waals surface area contributed by atoms with E-state index in [1.165, 1.54) is 18.2 Å². The maximum absolute atomic E-state index is 13.5. The molecular formula is C17H23FN2O3S. The van der Waals surface area contributed by atoms with Crippen LogP contribution in [0.1, 0.15) is 12.8 Å². The lowest BCUT2D eigenvalue weighted by atomic mass is 9.70. The first-order chi connectivity index (χ1) is 11.4. The summed E-state index contributed by atoms with van der Waals surface area (Å²) in [6.07, 6.45) is 1.98. The Balaban J connectivity index is 1.69. The lowest BCUT2D eigenvalue weighted by molar-refractivity contribution is 0.0655. The maximum atomic E-state index is 13.5. The Hall–Kier alpha value is -1.02. The van der Waals surface area contributed by atoms with Crippen LogP contribution in [-0.2, 0) is 14.8 Å². The average molecular weight is 354 g/mol. The number of hydrogen-bond donors (Lipinski definition) is 0. The van der Waals surface area contributed by atoms with Crippen LogP contribution in [0.5, 0.6) is 0 Å². The summed E-state index contributed by atoms with van der Waals surface area (Å²) >= 11 is 0. The Morgan fingerprint density at radius 2 is 2.00 bits per heavy atom. The molecule has 132 valence electrons. The highest BCUT2D eigenvalue weighted by atomic mass is 32.2. The SMILES string of the molecule is CN1CCC2(CC1)CN(S(=O)(=O)c1cccc(F)c1)[C@@H]1COC[C@@H]12. The topological polar surface area (TPSA) is 49.9 Å². The molecule has 7 heteroatoms. The van der Waals surface area contributed by atoms with Crippen molar-refractivity contribution < 1.29 is 17.5 Å². The number of ether oxygens (including phenoxy) is 1. The Bertz CT molecular complexity index is 731. The van der Waals surface area contributed by atoms with E-state index in [0.717, 1.165) is 32.0 Å². The number of piperidine rings is 1. The molecule has 3 aliphatic rings. The molecule has 0 radical (unpaired) electrons. The molecule has 1 spiro atoms. The van der Waals surface area contributed by atoms with E-state index in [0.29, 0.717) is 19.8 Å². The molecule has 4 rings (SSSR count). The number of rotatable bonds is 2. The number of fused-ring (bicyclic) bond motifs is 2. The van der Waals surface area contributed by atoms with Crippen LogP contribution in [0.25, 0.3) is 0 Å². The molecule has 2 atom stereocenters. The highest BCUT2D eigenvalue weighted by Gasteiger charge is 2.58. The number of benzene rings is 1. The van der Waals surface area contributed by atoms with Gasteiger partial charge in [0.1, 0.15) is 5.82 Å². The number of halogens is 1. The number of sulfonamides is 1. The van der Waals surface area contributed by atoms with Gasteiger partial charge in [-0.15, -0.1) is 0 Å².